The van der Waals surface area contributed by atoms with Crippen LogP contribution in [0, 0.1) is 0 Å². The number of benzene rings is 1. The highest BCUT2D eigenvalue weighted by atomic mass is 32.2. The fourth-order valence-electron chi connectivity index (χ4n) is 1.41. The van der Waals surface area contributed by atoms with Gasteiger partial charge in [0.05, 0.1) is 10.5 Å². The first-order valence-electron chi connectivity index (χ1n) is 5.70. The number of sulfonamides is 1. The van der Waals surface area contributed by atoms with Gasteiger partial charge in [-0.15, -0.1) is 0 Å². The summed E-state index contributed by atoms with van der Waals surface area (Å²) in [7, 11) is -3.52. The van der Waals surface area contributed by atoms with Gasteiger partial charge in [-0.1, -0.05) is 32.0 Å². The van der Waals surface area contributed by atoms with Crippen LogP contribution in [-0.2, 0) is 10.0 Å². The Bertz CT molecular complexity index is 438. The summed E-state index contributed by atoms with van der Waals surface area (Å²) < 4.78 is 26.2. The molecule has 0 saturated heterocycles. The van der Waals surface area contributed by atoms with Gasteiger partial charge in [0.15, 0.2) is 0 Å². The van der Waals surface area contributed by atoms with E-state index in [1.165, 1.54) is 12.1 Å². The van der Waals surface area contributed by atoms with Gasteiger partial charge in [-0.25, -0.2) is 13.1 Å². The van der Waals surface area contributed by atoms with E-state index in [9.17, 15) is 13.5 Å². The molecule has 0 aliphatic carbocycles. The van der Waals surface area contributed by atoms with Crippen LogP contribution >= 0.6 is 0 Å². The molecule has 0 aliphatic heterocycles. The number of hydrogen-bond donors (Lipinski definition) is 2. The lowest BCUT2D eigenvalue weighted by Gasteiger charge is -2.25. The maximum absolute atomic E-state index is 11.9. The Morgan fingerprint density at radius 3 is 2.18 bits per heavy atom. The van der Waals surface area contributed by atoms with Gasteiger partial charge in [-0.3, -0.25) is 0 Å². The normalized spacial score (nSPS) is 12.6. The molecule has 0 heterocycles. The third-order valence-electron chi connectivity index (χ3n) is 2.96. The fraction of sp³-hybridized carbons (Fsp3) is 0.500. The Balaban J connectivity index is 2.76. The van der Waals surface area contributed by atoms with Crippen LogP contribution in [0.15, 0.2) is 35.2 Å². The van der Waals surface area contributed by atoms with Gasteiger partial charge in [0.1, 0.15) is 0 Å². The van der Waals surface area contributed by atoms with Crippen molar-refractivity contribution in [2.24, 2.45) is 0 Å². The van der Waals surface area contributed by atoms with E-state index in [1.54, 1.807) is 18.2 Å². The van der Waals surface area contributed by atoms with Crippen LogP contribution in [0.5, 0.6) is 0 Å². The van der Waals surface area contributed by atoms with Crippen molar-refractivity contribution in [3.8, 4) is 0 Å². The average Bonchev–Trinajstić information content (AvgIpc) is 2.37. The molecule has 0 aliphatic rings. The second-order valence-electron chi connectivity index (χ2n) is 4.07. The zero-order chi connectivity index (χ0) is 12.9. The molecular weight excluding hydrogens is 238 g/mol. The molecule has 1 aromatic carbocycles. The summed E-state index contributed by atoms with van der Waals surface area (Å²) in [6, 6.07) is 8.15. The molecule has 0 atom stereocenters. The second kappa shape index (κ2) is 5.62. The van der Waals surface area contributed by atoms with Crippen LogP contribution in [-0.4, -0.2) is 25.7 Å². The van der Waals surface area contributed by atoms with Crippen molar-refractivity contribution < 1.29 is 13.5 Å². The first-order chi connectivity index (χ1) is 7.93. The first-order valence-corrected chi connectivity index (χ1v) is 7.19. The van der Waals surface area contributed by atoms with Crippen LogP contribution < -0.4 is 4.72 Å². The lowest BCUT2D eigenvalue weighted by Crippen LogP contribution is -2.41. The van der Waals surface area contributed by atoms with Crippen LogP contribution in [0.25, 0.3) is 0 Å². The van der Waals surface area contributed by atoms with Crippen molar-refractivity contribution in [2.75, 3.05) is 6.54 Å². The lowest BCUT2D eigenvalue weighted by atomic mass is 9.98. The minimum Gasteiger partial charge on any atom is -0.389 e. The van der Waals surface area contributed by atoms with E-state index in [0.717, 1.165) is 0 Å². The smallest absolute Gasteiger partial charge is 0.240 e. The van der Waals surface area contributed by atoms with Crippen molar-refractivity contribution >= 4 is 10.0 Å². The zero-order valence-corrected chi connectivity index (χ0v) is 11.0. The summed E-state index contributed by atoms with van der Waals surface area (Å²) in [5.74, 6) is 0. The molecule has 2 N–H and O–H groups in total. The minimum atomic E-state index is -3.52. The molecule has 1 aromatic rings. The molecule has 0 amide bonds. The van der Waals surface area contributed by atoms with Gasteiger partial charge < -0.3 is 5.11 Å². The number of aliphatic hydroxyl groups is 1. The monoisotopic (exact) mass is 257 g/mol. The maximum Gasteiger partial charge on any atom is 0.240 e. The molecule has 4 nitrogen and oxygen atoms in total. The number of rotatable bonds is 6. The number of hydrogen-bond acceptors (Lipinski definition) is 3. The molecule has 0 aromatic heterocycles. The minimum absolute atomic E-state index is 0.0389. The molecule has 0 unspecified atom stereocenters. The Kier molecular flexibility index (Phi) is 4.68. The van der Waals surface area contributed by atoms with Crippen LogP contribution in [0.2, 0.25) is 0 Å². The summed E-state index contributed by atoms with van der Waals surface area (Å²) in [6.07, 6.45) is 1.03. The molecular formula is C12H19NO3S. The Labute approximate surface area is 103 Å². The van der Waals surface area contributed by atoms with E-state index >= 15 is 0 Å². The van der Waals surface area contributed by atoms with Crippen molar-refractivity contribution in [3.05, 3.63) is 30.3 Å². The highest BCUT2D eigenvalue weighted by Crippen LogP contribution is 2.15. The van der Waals surface area contributed by atoms with Crippen LogP contribution in [0.1, 0.15) is 26.7 Å². The van der Waals surface area contributed by atoms with Crippen LogP contribution in [0.3, 0.4) is 0 Å². The first kappa shape index (κ1) is 14.2. The van der Waals surface area contributed by atoms with E-state index in [4.69, 9.17) is 0 Å². The van der Waals surface area contributed by atoms with E-state index in [-0.39, 0.29) is 11.4 Å². The van der Waals surface area contributed by atoms with E-state index in [1.807, 2.05) is 13.8 Å². The predicted octanol–water partition coefficient (Wildman–Crippen LogP) is 1.52. The van der Waals surface area contributed by atoms with Gasteiger partial charge in [0.2, 0.25) is 10.0 Å². The Morgan fingerprint density at radius 1 is 1.18 bits per heavy atom. The van der Waals surface area contributed by atoms with E-state index in [0.29, 0.717) is 12.8 Å². The molecule has 1 rings (SSSR count). The van der Waals surface area contributed by atoms with Crippen molar-refractivity contribution in [3.63, 3.8) is 0 Å². The molecule has 0 spiro atoms. The topological polar surface area (TPSA) is 66.4 Å². The summed E-state index contributed by atoms with van der Waals surface area (Å²) in [5, 5.41) is 10.0. The third kappa shape index (κ3) is 3.80. The van der Waals surface area contributed by atoms with E-state index in [2.05, 4.69) is 4.72 Å². The van der Waals surface area contributed by atoms with Crippen molar-refractivity contribution in [1.29, 1.82) is 0 Å². The summed E-state index contributed by atoms with van der Waals surface area (Å²) in [5.41, 5.74) is -0.970. The van der Waals surface area contributed by atoms with Crippen LogP contribution in [0.4, 0.5) is 0 Å². The average molecular weight is 257 g/mol. The molecule has 0 fully saturated rings. The van der Waals surface area contributed by atoms with Gasteiger partial charge >= 0.3 is 0 Å². The summed E-state index contributed by atoms with van der Waals surface area (Å²) >= 11 is 0. The molecule has 17 heavy (non-hydrogen) atoms. The second-order valence-corrected chi connectivity index (χ2v) is 5.84. The van der Waals surface area contributed by atoms with Gasteiger partial charge in [-0.2, -0.15) is 0 Å². The largest absolute Gasteiger partial charge is 0.389 e. The van der Waals surface area contributed by atoms with Crippen molar-refractivity contribution in [2.45, 2.75) is 37.2 Å². The number of nitrogens with one attached hydrogen (secondary N) is 1. The Morgan fingerprint density at radius 2 is 1.71 bits per heavy atom. The predicted molar refractivity (Wildman–Crippen MR) is 67.2 cm³/mol. The van der Waals surface area contributed by atoms with Gasteiger partial charge in [0.25, 0.3) is 0 Å². The SMILES string of the molecule is CCC(O)(CC)CNS(=O)(=O)c1ccccc1. The highest BCUT2D eigenvalue weighted by Gasteiger charge is 2.25. The lowest BCUT2D eigenvalue weighted by molar-refractivity contribution is 0.0377. The fourth-order valence-corrected chi connectivity index (χ4v) is 2.55. The zero-order valence-electron chi connectivity index (χ0n) is 10.2. The standard InChI is InChI=1S/C12H19NO3S/c1-3-12(14,4-2)10-13-17(15,16)11-8-6-5-7-9-11/h5-9,13-14H,3-4,10H2,1-2H3. The Hall–Kier alpha value is -0.910. The van der Waals surface area contributed by atoms with E-state index < -0.39 is 15.6 Å². The quantitative estimate of drug-likeness (QED) is 0.812. The van der Waals surface area contributed by atoms with Gasteiger partial charge in [0, 0.05) is 6.54 Å². The molecule has 5 heteroatoms. The molecule has 0 radical (unpaired) electrons. The van der Waals surface area contributed by atoms with Gasteiger partial charge in [-0.05, 0) is 25.0 Å². The molecule has 0 saturated carbocycles. The molecule has 96 valence electrons. The maximum atomic E-state index is 11.9. The summed E-state index contributed by atoms with van der Waals surface area (Å²) in [6.45, 7) is 3.71. The summed E-state index contributed by atoms with van der Waals surface area (Å²) in [4.78, 5) is 0.217. The third-order valence-corrected chi connectivity index (χ3v) is 4.38. The van der Waals surface area contributed by atoms with Crippen molar-refractivity contribution in [1.82, 2.24) is 4.72 Å². The highest BCUT2D eigenvalue weighted by molar-refractivity contribution is 7.89. The molecule has 0 bridgehead atoms.